The van der Waals surface area contributed by atoms with E-state index in [0.717, 1.165) is 12.8 Å². The van der Waals surface area contributed by atoms with Gasteiger partial charge in [-0.15, -0.1) is 0 Å². The van der Waals surface area contributed by atoms with E-state index in [1.54, 1.807) is 23.4 Å². The third kappa shape index (κ3) is 3.97. The second-order valence-corrected chi connectivity index (χ2v) is 7.89. The fourth-order valence-corrected chi connectivity index (χ4v) is 3.82. The van der Waals surface area contributed by atoms with Crippen LogP contribution in [0, 0.1) is 0 Å². The minimum absolute atomic E-state index is 0.00737. The molecule has 0 bridgehead atoms. The Morgan fingerprint density at radius 1 is 1.22 bits per heavy atom. The summed E-state index contributed by atoms with van der Waals surface area (Å²) in [7, 11) is -3.33. The number of carbonyl (C=O) groups excluding carboxylic acids is 1. The van der Waals surface area contributed by atoms with Crippen LogP contribution in [0.4, 0.5) is 5.95 Å². The SMILES string of the molecule is CS(=O)(=O)N(CC(=O)N1CCN(c2ncccn2)CC1)C1CC1. The Morgan fingerprint density at radius 3 is 2.35 bits per heavy atom. The van der Waals surface area contributed by atoms with Crippen LogP contribution < -0.4 is 4.90 Å². The molecule has 1 aromatic rings. The van der Waals surface area contributed by atoms with E-state index in [1.165, 1.54) is 10.6 Å². The molecular weight excluding hydrogens is 318 g/mol. The highest BCUT2D eigenvalue weighted by molar-refractivity contribution is 7.88. The minimum Gasteiger partial charge on any atom is -0.338 e. The molecule has 0 N–H and O–H groups in total. The minimum atomic E-state index is -3.33. The Labute approximate surface area is 136 Å². The van der Waals surface area contributed by atoms with Gasteiger partial charge in [-0.1, -0.05) is 0 Å². The number of hydrogen-bond donors (Lipinski definition) is 0. The molecular formula is C14H21N5O3S. The number of hydrogen-bond acceptors (Lipinski definition) is 6. The molecule has 1 saturated carbocycles. The molecule has 0 aromatic carbocycles. The zero-order valence-corrected chi connectivity index (χ0v) is 13.9. The quantitative estimate of drug-likeness (QED) is 0.722. The maximum absolute atomic E-state index is 12.4. The van der Waals surface area contributed by atoms with Gasteiger partial charge >= 0.3 is 0 Å². The van der Waals surface area contributed by atoms with Crippen molar-refractivity contribution in [1.82, 2.24) is 19.2 Å². The lowest BCUT2D eigenvalue weighted by atomic mass is 10.3. The van der Waals surface area contributed by atoms with E-state index < -0.39 is 10.0 Å². The van der Waals surface area contributed by atoms with Crippen LogP contribution in [0.25, 0.3) is 0 Å². The largest absolute Gasteiger partial charge is 0.338 e. The van der Waals surface area contributed by atoms with Gasteiger partial charge in [0.1, 0.15) is 0 Å². The summed E-state index contributed by atoms with van der Waals surface area (Å²) in [5.41, 5.74) is 0. The summed E-state index contributed by atoms with van der Waals surface area (Å²) in [6.45, 7) is 2.36. The van der Waals surface area contributed by atoms with Crippen LogP contribution >= 0.6 is 0 Å². The lowest BCUT2D eigenvalue weighted by molar-refractivity contribution is -0.131. The zero-order chi connectivity index (χ0) is 16.4. The van der Waals surface area contributed by atoms with Crippen molar-refractivity contribution in [2.24, 2.45) is 0 Å². The molecule has 2 aliphatic rings. The van der Waals surface area contributed by atoms with Crippen molar-refractivity contribution in [3.8, 4) is 0 Å². The summed E-state index contributed by atoms with van der Waals surface area (Å²) in [5, 5.41) is 0. The monoisotopic (exact) mass is 339 g/mol. The average Bonchev–Trinajstić information content (AvgIpc) is 3.37. The molecule has 2 heterocycles. The molecule has 3 rings (SSSR count). The van der Waals surface area contributed by atoms with Gasteiger partial charge in [-0.3, -0.25) is 4.79 Å². The highest BCUT2D eigenvalue weighted by atomic mass is 32.2. The predicted molar refractivity (Wildman–Crippen MR) is 85.4 cm³/mol. The van der Waals surface area contributed by atoms with Gasteiger partial charge in [-0.25, -0.2) is 18.4 Å². The maximum Gasteiger partial charge on any atom is 0.238 e. The van der Waals surface area contributed by atoms with E-state index in [0.29, 0.717) is 32.1 Å². The van der Waals surface area contributed by atoms with Crippen molar-refractivity contribution >= 4 is 21.9 Å². The topological polar surface area (TPSA) is 86.7 Å². The lowest BCUT2D eigenvalue weighted by Crippen LogP contribution is -2.52. The molecule has 9 heteroatoms. The second-order valence-electron chi connectivity index (χ2n) is 5.96. The van der Waals surface area contributed by atoms with Gasteiger partial charge in [0.25, 0.3) is 0 Å². The van der Waals surface area contributed by atoms with Gasteiger partial charge in [-0.05, 0) is 18.9 Å². The van der Waals surface area contributed by atoms with Crippen molar-refractivity contribution in [3.63, 3.8) is 0 Å². The van der Waals surface area contributed by atoms with Crippen LogP contribution in [-0.4, -0.2) is 78.5 Å². The number of rotatable bonds is 5. The summed E-state index contributed by atoms with van der Waals surface area (Å²) in [6, 6.07) is 1.77. The van der Waals surface area contributed by atoms with E-state index in [4.69, 9.17) is 0 Å². The van der Waals surface area contributed by atoms with Crippen molar-refractivity contribution in [2.45, 2.75) is 18.9 Å². The van der Waals surface area contributed by atoms with E-state index in [1.807, 2.05) is 4.90 Å². The first-order valence-corrected chi connectivity index (χ1v) is 9.56. The third-order valence-electron chi connectivity index (χ3n) is 4.14. The molecule has 1 aliphatic heterocycles. The Balaban J connectivity index is 1.56. The number of piperazine rings is 1. The fraction of sp³-hybridized carbons (Fsp3) is 0.643. The van der Waals surface area contributed by atoms with Crippen LogP contribution in [0.1, 0.15) is 12.8 Å². The number of nitrogens with zero attached hydrogens (tertiary/aromatic N) is 5. The first-order chi connectivity index (χ1) is 10.9. The molecule has 0 spiro atoms. The van der Waals surface area contributed by atoms with Gasteiger partial charge in [0, 0.05) is 44.6 Å². The molecule has 126 valence electrons. The maximum atomic E-state index is 12.4. The smallest absolute Gasteiger partial charge is 0.238 e. The van der Waals surface area contributed by atoms with Crippen LogP contribution in [-0.2, 0) is 14.8 Å². The summed E-state index contributed by atoms with van der Waals surface area (Å²) in [5.74, 6) is 0.534. The fourth-order valence-electron chi connectivity index (χ4n) is 2.72. The summed E-state index contributed by atoms with van der Waals surface area (Å²) in [6.07, 6.45) is 6.25. The van der Waals surface area contributed by atoms with Gasteiger partial charge in [0.05, 0.1) is 12.8 Å². The molecule has 0 radical (unpaired) electrons. The Kier molecular flexibility index (Phi) is 4.49. The summed E-state index contributed by atoms with van der Waals surface area (Å²) < 4.78 is 24.9. The van der Waals surface area contributed by atoms with Crippen molar-refractivity contribution < 1.29 is 13.2 Å². The highest BCUT2D eigenvalue weighted by Gasteiger charge is 2.37. The summed E-state index contributed by atoms with van der Waals surface area (Å²) >= 11 is 0. The van der Waals surface area contributed by atoms with E-state index in [9.17, 15) is 13.2 Å². The average molecular weight is 339 g/mol. The van der Waals surface area contributed by atoms with Crippen molar-refractivity contribution in [3.05, 3.63) is 18.5 Å². The van der Waals surface area contributed by atoms with Crippen LogP contribution in [0.3, 0.4) is 0 Å². The normalized spacial score (nSPS) is 19.2. The standard InChI is InChI=1S/C14H21N5O3S/c1-23(21,22)19(12-3-4-12)11-13(20)17-7-9-18(10-8-17)14-15-5-2-6-16-14/h2,5-6,12H,3-4,7-11H2,1H3. The molecule has 2 fully saturated rings. The third-order valence-corrected chi connectivity index (χ3v) is 5.42. The lowest BCUT2D eigenvalue weighted by Gasteiger charge is -2.35. The Morgan fingerprint density at radius 2 is 1.83 bits per heavy atom. The highest BCUT2D eigenvalue weighted by Crippen LogP contribution is 2.28. The molecule has 1 amide bonds. The number of anilines is 1. The van der Waals surface area contributed by atoms with E-state index in [-0.39, 0.29) is 18.5 Å². The van der Waals surface area contributed by atoms with Crippen molar-refractivity contribution in [1.29, 1.82) is 0 Å². The molecule has 1 aromatic heterocycles. The van der Waals surface area contributed by atoms with Gasteiger partial charge < -0.3 is 9.80 Å². The van der Waals surface area contributed by atoms with Crippen LogP contribution in [0.2, 0.25) is 0 Å². The Hall–Kier alpha value is -1.74. The van der Waals surface area contributed by atoms with Crippen LogP contribution in [0.5, 0.6) is 0 Å². The number of aromatic nitrogens is 2. The van der Waals surface area contributed by atoms with Gasteiger partial charge in [0.2, 0.25) is 21.9 Å². The molecule has 23 heavy (non-hydrogen) atoms. The Bertz CT molecular complexity index is 654. The first-order valence-electron chi connectivity index (χ1n) is 7.72. The second kappa shape index (κ2) is 6.40. The number of carbonyl (C=O) groups is 1. The molecule has 1 saturated heterocycles. The van der Waals surface area contributed by atoms with Gasteiger partial charge in [-0.2, -0.15) is 4.31 Å². The molecule has 8 nitrogen and oxygen atoms in total. The zero-order valence-electron chi connectivity index (χ0n) is 13.1. The summed E-state index contributed by atoms with van der Waals surface area (Å²) in [4.78, 5) is 24.6. The van der Waals surface area contributed by atoms with Crippen LogP contribution in [0.15, 0.2) is 18.5 Å². The van der Waals surface area contributed by atoms with Gasteiger partial charge in [0.15, 0.2) is 0 Å². The van der Waals surface area contributed by atoms with E-state index >= 15 is 0 Å². The van der Waals surface area contributed by atoms with E-state index in [2.05, 4.69) is 9.97 Å². The first kappa shape index (κ1) is 16.1. The number of sulfonamides is 1. The number of amides is 1. The van der Waals surface area contributed by atoms with Crippen molar-refractivity contribution in [2.75, 3.05) is 43.9 Å². The predicted octanol–water partition coefficient (Wildman–Crippen LogP) is -0.451. The molecule has 0 unspecified atom stereocenters. The molecule has 0 atom stereocenters. The molecule has 1 aliphatic carbocycles.